The average Bonchev–Trinajstić information content (AvgIpc) is 3.36. The highest BCUT2D eigenvalue weighted by Gasteiger charge is 2.29. The zero-order valence-corrected chi connectivity index (χ0v) is 18.2. The lowest BCUT2D eigenvalue weighted by molar-refractivity contribution is 0.251. The maximum absolute atomic E-state index is 14.0. The predicted octanol–water partition coefficient (Wildman–Crippen LogP) is 3.53. The quantitative estimate of drug-likeness (QED) is 0.402. The Balaban J connectivity index is 1.18. The van der Waals surface area contributed by atoms with E-state index in [0.29, 0.717) is 35.5 Å². The molecule has 2 aliphatic rings. The SMILES string of the molecule is C[C@@H](NCCCCc1noc(N2CC(=S)NC2=O)n1)c1ccc(F)c(OCC2CC2)c1. The van der Waals surface area contributed by atoms with Crippen molar-refractivity contribution in [2.45, 2.75) is 45.1 Å². The Morgan fingerprint density at radius 3 is 3.00 bits per heavy atom. The summed E-state index contributed by atoms with van der Waals surface area (Å²) in [6.07, 6.45) is 4.77. The summed E-state index contributed by atoms with van der Waals surface area (Å²) in [7, 11) is 0. The van der Waals surface area contributed by atoms with E-state index < -0.39 is 0 Å². The minimum atomic E-state index is -0.347. The van der Waals surface area contributed by atoms with E-state index in [9.17, 15) is 9.18 Å². The van der Waals surface area contributed by atoms with Gasteiger partial charge in [-0.3, -0.25) is 0 Å². The molecule has 31 heavy (non-hydrogen) atoms. The van der Waals surface area contributed by atoms with E-state index in [1.54, 1.807) is 12.1 Å². The van der Waals surface area contributed by atoms with Gasteiger partial charge in [-0.1, -0.05) is 23.4 Å². The summed E-state index contributed by atoms with van der Waals surface area (Å²) in [4.78, 5) is 17.8. The topological polar surface area (TPSA) is 92.5 Å². The molecule has 1 saturated heterocycles. The second-order valence-corrected chi connectivity index (χ2v) is 8.50. The minimum absolute atomic E-state index is 0.0816. The van der Waals surface area contributed by atoms with Gasteiger partial charge in [0.15, 0.2) is 17.4 Å². The van der Waals surface area contributed by atoms with Crippen molar-refractivity contribution < 1.29 is 18.4 Å². The fraction of sp³-hybridized carbons (Fsp3) is 0.524. The van der Waals surface area contributed by atoms with E-state index in [0.717, 1.165) is 24.9 Å². The summed E-state index contributed by atoms with van der Waals surface area (Å²) < 4.78 is 24.8. The largest absolute Gasteiger partial charge is 0.490 e. The molecule has 1 aliphatic heterocycles. The molecule has 1 aromatic carbocycles. The fourth-order valence-corrected chi connectivity index (χ4v) is 3.51. The molecule has 2 N–H and O–H groups in total. The Labute approximate surface area is 185 Å². The molecular formula is C21H26FN5O3S. The molecule has 2 heterocycles. The number of aryl methyl sites for hydroxylation is 1. The smallest absolute Gasteiger partial charge is 0.332 e. The number of hydrogen-bond acceptors (Lipinski definition) is 7. The molecule has 10 heteroatoms. The number of ether oxygens (including phenoxy) is 1. The van der Waals surface area contributed by atoms with E-state index in [-0.39, 0.29) is 30.4 Å². The monoisotopic (exact) mass is 447 g/mol. The maximum atomic E-state index is 14.0. The van der Waals surface area contributed by atoms with Crippen molar-refractivity contribution in [2.24, 2.45) is 5.92 Å². The lowest BCUT2D eigenvalue weighted by Gasteiger charge is -2.16. The molecule has 0 radical (unpaired) electrons. The third-order valence-corrected chi connectivity index (χ3v) is 5.62. The van der Waals surface area contributed by atoms with E-state index in [1.165, 1.54) is 23.8 Å². The Hall–Kier alpha value is -2.59. The standard InChI is InChI=1S/C21H26FN5O3S/c1-13(15-7-8-16(22)17(10-15)29-12-14-5-6-14)23-9-3-2-4-18-24-21(30-26-18)27-11-19(31)25-20(27)28/h7-8,10,13-14,23H,2-6,9,11-12H2,1H3,(H,25,28,31)/t13-/m1/s1. The molecule has 1 atom stereocenters. The van der Waals surface area contributed by atoms with Crippen LogP contribution in [0.3, 0.4) is 0 Å². The molecular weight excluding hydrogens is 421 g/mol. The normalized spacial score (nSPS) is 17.2. The van der Waals surface area contributed by atoms with Crippen LogP contribution in [-0.2, 0) is 6.42 Å². The van der Waals surface area contributed by atoms with Crippen LogP contribution in [-0.4, -0.2) is 40.9 Å². The zero-order valence-electron chi connectivity index (χ0n) is 17.4. The van der Waals surface area contributed by atoms with Crippen LogP contribution in [0.15, 0.2) is 22.7 Å². The number of thiocarbonyl (C=S) groups is 1. The van der Waals surface area contributed by atoms with Crippen LogP contribution < -0.4 is 20.3 Å². The number of urea groups is 1. The van der Waals surface area contributed by atoms with Crippen LogP contribution in [0.5, 0.6) is 5.75 Å². The summed E-state index contributed by atoms with van der Waals surface area (Å²) in [6, 6.07) is 4.94. The molecule has 0 spiro atoms. The van der Waals surface area contributed by atoms with E-state index in [1.807, 2.05) is 0 Å². The van der Waals surface area contributed by atoms with Crippen molar-refractivity contribution in [3.05, 3.63) is 35.4 Å². The molecule has 2 fully saturated rings. The van der Waals surface area contributed by atoms with Gasteiger partial charge in [0.1, 0.15) is 4.99 Å². The van der Waals surface area contributed by atoms with Crippen LogP contribution in [0.25, 0.3) is 0 Å². The molecule has 1 aromatic heterocycles. The number of carbonyl (C=O) groups is 1. The highest BCUT2D eigenvalue weighted by molar-refractivity contribution is 7.80. The second-order valence-electron chi connectivity index (χ2n) is 8.01. The lowest BCUT2D eigenvalue weighted by Crippen LogP contribution is -2.28. The summed E-state index contributed by atoms with van der Waals surface area (Å²) >= 11 is 4.98. The number of benzene rings is 1. The van der Waals surface area contributed by atoms with Crippen molar-refractivity contribution in [3.63, 3.8) is 0 Å². The van der Waals surface area contributed by atoms with Crippen molar-refractivity contribution in [3.8, 4) is 5.75 Å². The maximum Gasteiger partial charge on any atom is 0.332 e. The first-order chi connectivity index (χ1) is 15.0. The van der Waals surface area contributed by atoms with Gasteiger partial charge in [0, 0.05) is 12.5 Å². The first-order valence-corrected chi connectivity index (χ1v) is 11.0. The van der Waals surface area contributed by atoms with Gasteiger partial charge in [0.2, 0.25) is 0 Å². The first kappa shape index (κ1) is 21.6. The summed E-state index contributed by atoms with van der Waals surface area (Å²) in [5.74, 6) is 1.16. The van der Waals surface area contributed by atoms with E-state index in [4.69, 9.17) is 21.5 Å². The average molecular weight is 448 g/mol. The van der Waals surface area contributed by atoms with Gasteiger partial charge < -0.3 is 19.9 Å². The molecule has 1 aliphatic carbocycles. The molecule has 2 aromatic rings. The molecule has 1 saturated carbocycles. The van der Waals surface area contributed by atoms with Crippen LogP contribution in [0, 0.1) is 11.7 Å². The van der Waals surface area contributed by atoms with Crippen molar-refractivity contribution in [1.82, 2.24) is 20.8 Å². The lowest BCUT2D eigenvalue weighted by atomic mass is 10.1. The third kappa shape index (κ3) is 5.76. The predicted molar refractivity (Wildman–Crippen MR) is 117 cm³/mol. The summed E-state index contributed by atoms with van der Waals surface area (Å²) in [5, 5.41) is 9.92. The van der Waals surface area contributed by atoms with Gasteiger partial charge in [-0.2, -0.15) is 4.98 Å². The van der Waals surface area contributed by atoms with Crippen LogP contribution >= 0.6 is 12.2 Å². The molecule has 4 rings (SSSR count). The number of amides is 2. The van der Waals surface area contributed by atoms with Gasteiger partial charge in [-0.25, -0.2) is 14.1 Å². The first-order valence-electron chi connectivity index (χ1n) is 10.6. The number of hydrogen-bond donors (Lipinski definition) is 2. The number of anilines is 1. The van der Waals surface area contributed by atoms with Gasteiger partial charge >= 0.3 is 12.0 Å². The Morgan fingerprint density at radius 2 is 2.26 bits per heavy atom. The number of carbonyl (C=O) groups excluding carboxylic acids is 1. The van der Waals surface area contributed by atoms with Crippen LogP contribution in [0.2, 0.25) is 0 Å². The van der Waals surface area contributed by atoms with Gasteiger partial charge in [0.25, 0.3) is 0 Å². The minimum Gasteiger partial charge on any atom is -0.490 e. The summed E-state index contributed by atoms with van der Waals surface area (Å²) in [5.41, 5.74) is 0.997. The van der Waals surface area contributed by atoms with Crippen molar-refractivity contribution >= 4 is 29.3 Å². The Morgan fingerprint density at radius 1 is 1.42 bits per heavy atom. The number of aromatic nitrogens is 2. The number of unbranched alkanes of at least 4 members (excludes halogenated alkanes) is 1. The van der Waals surface area contributed by atoms with Crippen LogP contribution in [0.4, 0.5) is 15.2 Å². The molecule has 0 unspecified atom stereocenters. The van der Waals surface area contributed by atoms with Crippen molar-refractivity contribution in [2.75, 3.05) is 24.6 Å². The van der Waals surface area contributed by atoms with Gasteiger partial charge in [-0.05, 0) is 62.8 Å². The summed E-state index contributed by atoms with van der Waals surface area (Å²) in [6.45, 7) is 3.70. The zero-order chi connectivity index (χ0) is 21.8. The second kappa shape index (κ2) is 9.69. The molecule has 166 valence electrons. The van der Waals surface area contributed by atoms with Crippen molar-refractivity contribution in [1.29, 1.82) is 0 Å². The number of nitrogens with zero attached hydrogens (tertiary/aromatic N) is 3. The fourth-order valence-electron chi connectivity index (χ4n) is 3.29. The number of halogens is 1. The van der Waals surface area contributed by atoms with Crippen LogP contribution in [0.1, 0.15) is 50.0 Å². The highest BCUT2D eigenvalue weighted by Crippen LogP contribution is 2.31. The number of nitrogens with one attached hydrogen (secondary N) is 2. The molecule has 8 nitrogen and oxygen atoms in total. The Bertz CT molecular complexity index is 949. The highest BCUT2D eigenvalue weighted by atomic mass is 32.1. The molecule has 0 bridgehead atoms. The van der Waals surface area contributed by atoms with Gasteiger partial charge in [0.05, 0.1) is 13.2 Å². The van der Waals surface area contributed by atoms with E-state index >= 15 is 0 Å². The van der Waals surface area contributed by atoms with Gasteiger partial charge in [-0.15, -0.1) is 0 Å². The van der Waals surface area contributed by atoms with E-state index in [2.05, 4.69) is 27.7 Å². The number of rotatable bonds is 11. The molecule has 2 amide bonds. The third-order valence-electron chi connectivity index (χ3n) is 5.39. The Kier molecular flexibility index (Phi) is 6.77.